The minimum atomic E-state index is -1.07. The van der Waals surface area contributed by atoms with Crippen molar-refractivity contribution in [3.05, 3.63) is 59.4 Å². The zero-order valence-corrected chi connectivity index (χ0v) is 20.9. The average molecular weight is 495 g/mol. The molecule has 9 heteroatoms. The van der Waals surface area contributed by atoms with E-state index < -0.39 is 24.2 Å². The number of para-hydroxylation sites is 1. The first-order valence-corrected chi connectivity index (χ1v) is 12.6. The SMILES string of the molecule is CCC(CC)O[C@@H]1C=C(C(=O)O)C[C@H](NC(=O)c2cc(C3CC3)nn2-c2ccccc2)[C@H]1NC(C)=O. The molecule has 1 aromatic heterocycles. The summed E-state index contributed by atoms with van der Waals surface area (Å²) in [6, 6.07) is 9.93. The van der Waals surface area contributed by atoms with Crippen LogP contribution in [0.4, 0.5) is 0 Å². The number of hydrogen-bond donors (Lipinski definition) is 3. The third-order valence-electron chi connectivity index (χ3n) is 6.77. The molecule has 2 aliphatic carbocycles. The van der Waals surface area contributed by atoms with Crippen molar-refractivity contribution in [1.29, 1.82) is 0 Å². The third-order valence-corrected chi connectivity index (χ3v) is 6.77. The number of amides is 2. The van der Waals surface area contributed by atoms with Gasteiger partial charge in [-0.15, -0.1) is 0 Å². The van der Waals surface area contributed by atoms with Crippen LogP contribution in [0.2, 0.25) is 0 Å². The lowest BCUT2D eigenvalue weighted by atomic mass is 9.87. The Kier molecular flexibility index (Phi) is 7.88. The molecule has 0 bridgehead atoms. The van der Waals surface area contributed by atoms with Gasteiger partial charge in [0.2, 0.25) is 5.91 Å². The minimum Gasteiger partial charge on any atom is -0.478 e. The van der Waals surface area contributed by atoms with Gasteiger partial charge >= 0.3 is 5.97 Å². The van der Waals surface area contributed by atoms with Crippen LogP contribution in [0.15, 0.2) is 48.0 Å². The molecular weight excluding hydrogens is 460 g/mol. The molecule has 9 nitrogen and oxygen atoms in total. The summed E-state index contributed by atoms with van der Waals surface area (Å²) in [6.07, 6.45) is 4.40. The number of aliphatic carboxylic acids is 1. The summed E-state index contributed by atoms with van der Waals surface area (Å²) < 4.78 is 7.85. The largest absolute Gasteiger partial charge is 0.478 e. The number of nitrogens with zero attached hydrogens (tertiary/aromatic N) is 2. The van der Waals surface area contributed by atoms with Gasteiger partial charge in [0.15, 0.2) is 0 Å². The summed E-state index contributed by atoms with van der Waals surface area (Å²) in [5.41, 5.74) is 2.14. The molecule has 3 N–H and O–H groups in total. The monoisotopic (exact) mass is 494 g/mol. The fourth-order valence-electron chi connectivity index (χ4n) is 4.66. The predicted octanol–water partition coefficient (Wildman–Crippen LogP) is 3.34. The lowest BCUT2D eigenvalue weighted by molar-refractivity contribution is -0.133. The Morgan fingerprint density at radius 3 is 2.42 bits per heavy atom. The first kappa shape index (κ1) is 25.6. The number of carbonyl (C=O) groups is 3. The summed E-state index contributed by atoms with van der Waals surface area (Å²) in [5.74, 6) is -1.39. The van der Waals surface area contributed by atoms with Crippen LogP contribution in [0.3, 0.4) is 0 Å². The molecule has 1 aromatic carbocycles. The molecule has 1 heterocycles. The Hall–Kier alpha value is -3.46. The standard InChI is InChI=1S/C27H34N4O5/c1-4-20(5-2)36-24-14-18(27(34)35)13-22(25(24)28-16(3)32)29-26(33)23-15-21(17-11-12-17)30-31(23)19-9-7-6-8-10-19/h6-10,14-15,17,20,22,24-25H,4-5,11-13H2,1-3H3,(H,28,32)(H,29,33)(H,34,35)/t22-,24+,25+/m0/s1. The van der Waals surface area contributed by atoms with Crippen molar-refractivity contribution in [2.24, 2.45) is 0 Å². The smallest absolute Gasteiger partial charge is 0.331 e. The number of ether oxygens (including phenoxy) is 1. The highest BCUT2D eigenvalue weighted by molar-refractivity contribution is 5.94. The molecule has 0 unspecified atom stereocenters. The molecule has 4 rings (SSSR count). The maximum atomic E-state index is 13.6. The Labute approximate surface area is 210 Å². The van der Waals surface area contributed by atoms with E-state index >= 15 is 0 Å². The molecule has 2 aromatic rings. The number of nitrogens with one attached hydrogen (secondary N) is 2. The maximum absolute atomic E-state index is 13.6. The highest BCUT2D eigenvalue weighted by atomic mass is 16.5. The van der Waals surface area contributed by atoms with Crippen molar-refractivity contribution in [3.63, 3.8) is 0 Å². The number of benzene rings is 1. The van der Waals surface area contributed by atoms with E-state index in [0.29, 0.717) is 11.6 Å². The number of rotatable bonds is 10. The molecule has 2 amide bonds. The second-order valence-corrected chi connectivity index (χ2v) is 9.52. The first-order valence-electron chi connectivity index (χ1n) is 12.6. The van der Waals surface area contributed by atoms with Crippen molar-refractivity contribution in [1.82, 2.24) is 20.4 Å². The van der Waals surface area contributed by atoms with Gasteiger partial charge < -0.3 is 20.5 Å². The third kappa shape index (κ3) is 5.84. The summed E-state index contributed by atoms with van der Waals surface area (Å²) in [6.45, 7) is 5.39. The summed E-state index contributed by atoms with van der Waals surface area (Å²) in [7, 11) is 0. The molecular formula is C27H34N4O5. The van der Waals surface area contributed by atoms with E-state index in [1.807, 2.05) is 50.2 Å². The molecule has 192 valence electrons. The van der Waals surface area contributed by atoms with E-state index in [-0.39, 0.29) is 29.9 Å². The van der Waals surface area contributed by atoms with Gasteiger partial charge in [-0.05, 0) is 50.0 Å². The van der Waals surface area contributed by atoms with Gasteiger partial charge in [0.1, 0.15) is 5.69 Å². The van der Waals surface area contributed by atoms with E-state index in [0.717, 1.165) is 37.1 Å². The molecule has 1 fully saturated rings. The molecule has 3 atom stereocenters. The maximum Gasteiger partial charge on any atom is 0.331 e. The fraction of sp³-hybridized carbons (Fsp3) is 0.481. The summed E-state index contributed by atoms with van der Waals surface area (Å²) >= 11 is 0. The van der Waals surface area contributed by atoms with Crippen LogP contribution < -0.4 is 10.6 Å². The number of carbonyl (C=O) groups excluding carboxylic acids is 2. The van der Waals surface area contributed by atoms with Gasteiger partial charge in [0, 0.05) is 24.8 Å². The van der Waals surface area contributed by atoms with Crippen molar-refractivity contribution in [2.45, 2.75) is 83.1 Å². The zero-order valence-electron chi connectivity index (χ0n) is 20.9. The van der Waals surface area contributed by atoms with Crippen molar-refractivity contribution in [2.75, 3.05) is 0 Å². The fourth-order valence-corrected chi connectivity index (χ4v) is 4.66. The molecule has 2 aliphatic rings. The number of carboxylic acid groups (broad SMARTS) is 1. The van der Waals surface area contributed by atoms with Crippen LogP contribution in [0.1, 0.15) is 75.0 Å². The van der Waals surface area contributed by atoms with Crippen molar-refractivity contribution < 1.29 is 24.2 Å². The normalized spacial score (nSPS) is 21.7. The predicted molar refractivity (Wildman–Crippen MR) is 134 cm³/mol. The van der Waals surface area contributed by atoms with Crippen LogP contribution in [0.5, 0.6) is 0 Å². The Morgan fingerprint density at radius 1 is 1.14 bits per heavy atom. The second kappa shape index (κ2) is 11.1. The van der Waals surface area contributed by atoms with Crippen LogP contribution in [0.25, 0.3) is 5.69 Å². The summed E-state index contributed by atoms with van der Waals surface area (Å²) in [5, 5.41) is 20.4. The summed E-state index contributed by atoms with van der Waals surface area (Å²) in [4.78, 5) is 37.7. The molecule has 1 saturated carbocycles. The van der Waals surface area contributed by atoms with Gasteiger partial charge in [-0.1, -0.05) is 32.0 Å². The lowest BCUT2D eigenvalue weighted by Gasteiger charge is -2.38. The molecule has 0 radical (unpaired) electrons. The van der Waals surface area contributed by atoms with E-state index in [1.165, 1.54) is 6.92 Å². The van der Waals surface area contributed by atoms with Crippen LogP contribution >= 0.6 is 0 Å². The molecule has 0 saturated heterocycles. The first-order chi connectivity index (χ1) is 17.3. The van der Waals surface area contributed by atoms with Crippen molar-refractivity contribution in [3.8, 4) is 5.69 Å². The van der Waals surface area contributed by atoms with Gasteiger partial charge in [-0.2, -0.15) is 5.10 Å². The van der Waals surface area contributed by atoms with Crippen LogP contribution in [-0.4, -0.2) is 57.0 Å². The van der Waals surface area contributed by atoms with Crippen molar-refractivity contribution >= 4 is 17.8 Å². The van der Waals surface area contributed by atoms with Gasteiger partial charge in [-0.25, -0.2) is 9.48 Å². The van der Waals surface area contributed by atoms with E-state index in [4.69, 9.17) is 9.84 Å². The Morgan fingerprint density at radius 2 is 1.83 bits per heavy atom. The van der Waals surface area contributed by atoms with E-state index in [9.17, 15) is 19.5 Å². The Bertz CT molecular complexity index is 1130. The average Bonchev–Trinajstić information content (AvgIpc) is 3.62. The molecule has 36 heavy (non-hydrogen) atoms. The van der Waals surface area contributed by atoms with E-state index in [1.54, 1.807) is 10.8 Å². The molecule has 0 aliphatic heterocycles. The quantitative estimate of drug-likeness (QED) is 0.466. The van der Waals surface area contributed by atoms with Crippen LogP contribution in [-0.2, 0) is 14.3 Å². The molecule has 0 spiro atoms. The van der Waals surface area contributed by atoms with Gasteiger partial charge in [0.25, 0.3) is 5.91 Å². The Balaban J connectivity index is 1.65. The topological polar surface area (TPSA) is 123 Å². The minimum absolute atomic E-state index is 0.0593. The van der Waals surface area contributed by atoms with Gasteiger partial charge in [0.05, 0.1) is 35.7 Å². The zero-order chi connectivity index (χ0) is 25.8. The van der Waals surface area contributed by atoms with Gasteiger partial charge in [-0.3, -0.25) is 9.59 Å². The van der Waals surface area contributed by atoms with E-state index in [2.05, 4.69) is 10.6 Å². The number of carboxylic acids is 1. The number of aromatic nitrogens is 2. The number of hydrogen-bond acceptors (Lipinski definition) is 5. The lowest BCUT2D eigenvalue weighted by Crippen LogP contribution is -2.59. The second-order valence-electron chi connectivity index (χ2n) is 9.52. The highest BCUT2D eigenvalue weighted by Crippen LogP contribution is 2.39. The van der Waals surface area contributed by atoms with Crippen LogP contribution in [0, 0.1) is 0 Å². The highest BCUT2D eigenvalue weighted by Gasteiger charge is 2.39.